The number of imidazole rings is 1. The SMILES string of the molecule is O[C@@H]1Cc2ccccc2[C@@H]1NCc1cn2ccc(Br)cc2n1. The van der Waals surface area contributed by atoms with Crippen LogP contribution in [0.15, 0.2) is 53.3 Å². The minimum absolute atomic E-state index is 0.0206. The van der Waals surface area contributed by atoms with E-state index in [0.29, 0.717) is 13.0 Å². The topological polar surface area (TPSA) is 49.6 Å². The summed E-state index contributed by atoms with van der Waals surface area (Å²) in [7, 11) is 0. The van der Waals surface area contributed by atoms with Gasteiger partial charge in [-0.2, -0.15) is 0 Å². The summed E-state index contributed by atoms with van der Waals surface area (Å²) < 4.78 is 3.02. The van der Waals surface area contributed by atoms with Crippen molar-refractivity contribution in [3.05, 3.63) is 70.1 Å². The fourth-order valence-electron chi connectivity index (χ4n) is 3.13. The molecule has 22 heavy (non-hydrogen) atoms. The van der Waals surface area contributed by atoms with E-state index in [0.717, 1.165) is 15.8 Å². The highest BCUT2D eigenvalue weighted by atomic mass is 79.9. The lowest BCUT2D eigenvalue weighted by Crippen LogP contribution is -2.28. The molecule has 3 aromatic rings. The molecule has 0 spiro atoms. The number of aliphatic hydroxyl groups excluding tert-OH is 1. The van der Waals surface area contributed by atoms with E-state index in [-0.39, 0.29) is 12.1 Å². The molecule has 112 valence electrons. The Morgan fingerprint density at radius 1 is 1.32 bits per heavy atom. The molecule has 0 saturated carbocycles. The number of aromatic nitrogens is 2. The Morgan fingerprint density at radius 3 is 3.09 bits per heavy atom. The summed E-state index contributed by atoms with van der Waals surface area (Å²) in [6.45, 7) is 0.634. The molecule has 4 rings (SSSR count). The van der Waals surface area contributed by atoms with Crippen LogP contribution in [0.1, 0.15) is 22.9 Å². The van der Waals surface area contributed by atoms with Crippen LogP contribution in [0.4, 0.5) is 0 Å². The molecule has 0 bridgehead atoms. The number of hydrogen-bond acceptors (Lipinski definition) is 3. The smallest absolute Gasteiger partial charge is 0.138 e. The number of halogens is 1. The maximum absolute atomic E-state index is 10.3. The first-order valence-electron chi connectivity index (χ1n) is 7.33. The van der Waals surface area contributed by atoms with E-state index >= 15 is 0 Å². The van der Waals surface area contributed by atoms with Gasteiger partial charge in [-0.15, -0.1) is 0 Å². The zero-order chi connectivity index (χ0) is 15.1. The number of hydrogen-bond donors (Lipinski definition) is 2. The van der Waals surface area contributed by atoms with Crippen LogP contribution in [-0.4, -0.2) is 20.6 Å². The summed E-state index contributed by atoms with van der Waals surface area (Å²) in [5.74, 6) is 0. The molecule has 5 heteroatoms. The molecule has 0 unspecified atom stereocenters. The van der Waals surface area contributed by atoms with Crippen molar-refractivity contribution < 1.29 is 5.11 Å². The molecule has 2 heterocycles. The summed E-state index contributed by atoms with van der Waals surface area (Å²) >= 11 is 3.46. The predicted molar refractivity (Wildman–Crippen MR) is 88.6 cm³/mol. The monoisotopic (exact) mass is 357 g/mol. The average Bonchev–Trinajstić information content (AvgIpc) is 3.04. The molecule has 0 radical (unpaired) electrons. The molecule has 2 N–H and O–H groups in total. The molecule has 4 nitrogen and oxygen atoms in total. The van der Waals surface area contributed by atoms with Gasteiger partial charge in [0.1, 0.15) is 5.65 Å². The van der Waals surface area contributed by atoms with E-state index in [1.54, 1.807) is 0 Å². The largest absolute Gasteiger partial charge is 0.391 e. The van der Waals surface area contributed by atoms with Gasteiger partial charge in [0.05, 0.1) is 17.8 Å². The van der Waals surface area contributed by atoms with Crippen LogP contribution in [0.25, 0.3) is 5.65 Å². The van der Waals surface area contributed by atoms with E-state index in [2.05, 4.69) is 38.4 Å². The third-order valence-electron chi connectivity index (χ3n) is 4.18. The van der Waals surface area contributed by atoms with Gasteiger partial charge in [-0.25, -0.2) is 4.98 Å². The minimum Gasteiger partial charge on any atom is -0.391 e. The Bertz CT molecular complexity index is 830. The first kappa shape index (κ1) is 13.9. The van der Waals surface area contributed by atoms with Crippen molar-refractivity contribution in [2.45, 2.75) is 25.1 Å². The maximum Gasteiger partial charge on any atom is 0.138 e. The summed E-state index contributed by atoms with van der Waals surface area (Å²) in [5.41, 5.74) is 4.31. The van der Waals surface area contributed by atoms with E-state index in [9.17, 15) is 5.11 Å². The molecule has 0 fully saturated rings. The van der Waals surface area contributed by atoms with Crippen molar-refractivity contribution in [2.24, 2.45) is 0 Å². The maximum atomic E-state index is 10.3. The summed E-state index contributed by atoms with van der Waals surface area (Å²) in [5, 5.41) is 13.7. The highest BCUT2D eigenvalue weighted by molar-refractivity contribution is 9.10. The van der Waals surface area contributed by atoms with Gasteiger partial charge < -0.3 is 14.8 Å². The fraction of sp³-hybridized carbons (Fsp3) is 0.235. The quantitative estimate of drug-likeness (QED) is 0.757. The molecule has 0 saturated heterocycles. The normalized spacial score (nSPS) is 20.5. The highest BCUT2D eigenvalue weighted by Gasteiger charge is 2.30. The summed E-state index contributed by atoms with van der Waals surface area (Å²) in [6.07, 6.45) is 4.34. The summed E-state index contributed by atoms with van der Waals surface area (Å²) in [6, 6.07) is 12.2. The Hall–Kier alpha value is -1.69. The van der Waals surface area contributed by atoms with Crippen LogP contribution in [-0.2, 0) is 13.0 Å². The molecule has 2 atom stereocenters. The van der Waals surface area contributed by atoms with E-state index in [1.165, 1.54) is 11.1 Å². The molecule has 1 aliphatic rings. The molecular weight excluding hydrogens is 342 g/mol. The number of pyridine rings is 1. The second-order valence-corrected chi connectivity index (χ2v) is 6.59. The molecule has 1 aromatic carbocycles. The zero-order valence-electron chi connectivity index (χ0n) is 11.9. The van der Waals surface area contributed by atoms with E-state index in [4.69, 9.17) is 0 Å². The Balaban J connectivity index is 1.54. The first-order chi connectivity index (χ1) is 10.7. The minimum atomic E-state index is -0.372. The summed E-state index contributed by atoms with van der Waals surface area (Å²) in [4.78, 5) is 4.60. The van der Waals surface area contributed by atoms with Crippen molar-refractivity contribution >= 4 is 21.6 Å². The number of nitrogens with one attached hydrogen (secondary N) is 1. The van der Waals surface area contributed by atoms with Crippen LogP contribution < -0.4 is 5.32 Å². The van der Waals surface area contributed by atoms with Gasteiger partial charge in [-0.05, 0) is 23.3 Å². The van der Waals surface area contributed by atoms with Crippen LogP contribution in [0.2, 0.25) is 0 Å². The number of benzene rings is 1. The van der Waals surface area contributed by atoms with E-state index < -0.39 is 0 Å². The number of fused-ring (bicyclic) bond motifs is 2. The molecule has 0 aliphatic heterocycles. The average molecular weight is 358 g/mol. The van der Waals surface area contributed by atoms with E-state index in [1.807, 2.05) is 41.1 Å². The van der Waals surface area contributed by atoms with Crippen LogP contribution in [0.3, 0.4) is 0 Å². The number of aliphatic hydroxyl groups is 1. The van der Waals surface area contributed by atoms with Crippen molar-refractivity contribution in [1.29, 1.82) is 0 Å². The van der Waals surface area contributed by atoms with Crippen LogP contribution in [0, 0.1) is 0 Å². The second-order valence-electron chi connectivity index (χ2n) is 5.67. The Kier molecular flexibility index (Phi) is 3.48. The van der Waals surface area contributed by atoms with Gasteiger partial charge in [0.25, 0.3) is 0 Å². The predicted octanol–water partition coefficient (Wildman–Crippen LogP) is 2.84. The van der Waals surface area contributed by atoms with Crippen LogP contribution in [0.5, 0.6) is 0 Å². The molecule has 0 amide bonds. The number of rotatable bonds is 3. The Labute approximate surface area is 136 Å². The first-order valence-corrected chi connectivity index (χ1v) is 8.12. The molecule has 2 aromatic heterocycles. The van der Waals surface area contributed by atoms with Crippen molar-refractivity contribution in [3.8, 4) is 0 Å². The number of nitrogens with zero attached hydrogens (tertiary/aromatic N) is 2. The molecular formula is C17H16BrN3O. The third kappa shape index (κ3) is 2.45. The highest BCUT2D eigenvalue weighted by Crippen LogP contribution is 2.31. The van der Waals surface area contributed by atoms with Crippen LogP contribution >= 0.6 is 15.9 Å². The third-order valence-corrected chi connectivity index (χ3v) is 4.67. The lowest BCUT2D eigenvalue weighted by atomic mass is 10.1. The molecule has 1 aliphatic carbocycles. The Morgan fingerprint density at radius 2 is 2.18 bits per heavy atom. The van der Waals surface area contributed by atoms with Crippen molar-refractivity contribution in [2.75, 3.05) is 0 Å². The lowest BCUT2D eigenvalue weighted by Gasteiger charge is -2.17. The fourth-order valence-corrected chi connectivity index (χ4v) is 3.45. The van der Waals surface area contributed by atoms with Gasteiger partial charge in [0.2, 0.25) is 0 Å². The van der Waals surface area contributed by atoms with Gasteiger partial charge in [0.15, 0.2) is 0 Å². The van der Waals surface area contributed by atoms with Crippen molar-refractivity contribution in [3.63, 3.8) is 0 Å². The lowest BCUT2D eigenvalue weighted by molar-refractivity contribution is 0.140. The van der Waals surface area contributed by atoms with Gasteiger partial charge in [-0.1, -0.05) is 40.2 Å². The van der Waals surface area contributed by atoms with Gasteiger partial charge in [-0.3, -0.25) is 0 Å². The van der Waals surface area contributed by atoms with Crippen molar-refractivity contribution in [1.82, 2.24) is 14.7 Å². The zero-order valence-corrected chi connectivity index (χ0v) is 13.5. The van der Waals surface area contributed by atoms with Gasteiger partial charge >= 0.3 is 0 Å². The second kappa shape index (κ2) is 5.50. The van der Waals surface area contributed by atoms with Gasteiger partial charge in [0, 0.05) is 29.8 Å². The standard InChI is InChI=1S/C17H16BrN3O/c18-12-5-6-21-10-13(20-16(21)8-12)9-19-17-14-4-2-1-3-11(14)7-15(17)22/h1-6,8,10,15,17,19,22H,7,9H2/t15-,17+/m1/s1.